The molecular formula is C18H20ClIN6. The first kappa shape index (κ1) is 20.2. The number of rotatable bonds is 5. The van der Waals surface area contributed by atoms with Gasteiger partial charge in [-0.25, -0.2) is 9.67 Å². The van der Waals surface area contributed by atoms with E-state index in [2.05, 4.69) is 25.7 Å². The minimum absolute atomic E-state index is 0. The molecule has 1 aromatic carbocycles. The maximum absolute atomic E-state index is 5.90. The molecule has 0 unspecified atom stereocenters. The smallest absolute Gasteiger partial charge is 0.191 e. The van der Waals surface area contributed by atoms with Crippen LogP contribution in [0.3, 0.4) is 0 Å². The number of hydrogen-bond donors (Lipinski definition) is 2. The molecule has 0 spiro atoms. The van der Waals surface area contributed by atoms with Gasteiger partial charge < -0.3 is 10.6 Å². The average Bonchev–Trinajstić information content (AvgIpc) is 3.18. The summed E-state index contributed by atoms with van der Waals surface area (Å²) in [5.74, 6) is 1.51. The maximum Gasteiger partial charge on any atom is 0.191 e. The van der Waals surface area contributed by atoms with Gasteiger partial charge in [-0.3, -0.25) is 4.99 Å². The average molecular weight is 483 g/mol. The molecule has 0 aliphatic rings. The fourth-order valence-electron chi connectivity index (χ4n) is 2.29. The first-order valence-corrected chi connectivity index (χ1v) is 8.26. The molecule has 26 heavy (non-hydrogen) atoms. The first-order valence-electron chi connectivity index (χ1n) is 7.88. The van der Waals surface area contributed by atoms with Crippen molar-refractivity contribution in [2.24, 2.45) is 4.99 Å². The molecule has 0 radical (unpaired) electrons. The minimum atomic E-state index is 0. The molecule has 6 nitrogen and oxygen atoms in total. The molecule has 2 heterocycles. The summed E-state index contributed by atoms with van der Waals surface area (Å²) in [4.78, 5) is 8.57. The monoisotopic (exact) mass is 482 g/mol. The van der Waals surface area contributed by atoms with Crippen LogP contribution in [0.15, 0.2) is 66.0 Å². The third-order valence-corrected chi connectivity index (χ3v) is 3.86. The highest BCUT2D eigenvalue weighted by Gasteiger charge is 2.02. The third kappa shape index (κ3) is 5.70. The zero-order chi connectivity index (χ0) is 17.5. The Morgan fingerprint density at radius 1 is 1.08 bits per heavy atom. The van der Waals surface area contributed by atoms with Gasteiger partial charge in [-0.2, -0.15) is 5.10 Å². The summed E-state index contributed by atoms with van der Waals surface area (Å²) in [5.41, 5.74) is 2.23. The minimum Gasteiger partial charge on any atom is -0.352 e. The Morgan fingerprint density at radius 2 is 1.81 bits per heavy atom. The molecule has 0 amide bonds. The van der Waals surface area contributed by atoms with Crippen molar-refractivity contribution in [3.05, 3.63) is 77.2 Å². The van der Waals surface area contributed by atoms with Gasteiger partial charge in [0.05, 0.1) is 0 Å². The highest BCUT2D eigenvalue weighted by Crippen LogP contribution is 2.09. The van der Waals surface area contributed by atoms with Crippen molar-refractivity contribution in [3.8, 4) is 5.82 Å². The topological polar surface area (TPSA) is 67.1 Å². The van der Waals surface area contributed by atoms with Gasteiger partial charge >= 0.3 is 0 Å². The summed E-state index contributed by atoms with van der Waals surface area (Å²) in [6, 6.07) is 13.6. The summed E-state index contributed by atoms with van der Waals surface area (Å²) < 4.78 is 1.73. The van der Waals surface area contributed by atoms with Gasteiger partial charge in [-0.1, -0.05) is 23.7 Å². The Balaban J connectivity index is 0.00000243. The standard InChI is InChI=1S/C18H19ClN6.HI/c1-20-18(22-12-14-3-5-16(19)6-4-14)23-13-15-7-9-21-17(11-15)25-10-2-8-24-25;/h2-11H,12-13H2,1H3,(H2,20,22,23);1H. The number of hydrogen-bond acceptors (Lipinski definition) is 3. The fourth-order valence-corrected chi connectivity index (χ4v) is 2.42. The van der Waals surface area contributed by atoms with Crippen molar-refractivity contribution < 1.29 is 0 Å². The molecule has 3 aromatic rings. The number of pyridine rings is 1. The summed E-state index contributed by atoms with van der Waals surface area (Å²) in [6.07, 6.45) is 5.37. The number of aromatic nitrogens is 3. The summed E-state index contributed by atoms with van der Waals surface area (Å²) in [6.45, 7) is 1.31. The Hall–Kier alpha value is -2.13. The molecular weight excluding hydrogens is 463 g/mol. The van der Waals surface area contributed by atoms with E-state index in [1.54, 1.807) is 24.1 Å². The maximum atomic E-state index is 5.90. The molecule has 3 rings (SSSR count). The van der Waals surface area contributed by atoms with Gasteiger partial charge in [0, 0.05) is 43.8 Å². The second-order valence-corrected chi connectivity index (χ2v) is 5.82. The van der Waals surface area contributed by atoms with Crippen LogP contribution in [-0.2, 0) is 13.1 Å². The summed E-state index contributed by atoms with van der Waals surface area (Å²) in [7, 11) is 1.75. The van der Waals surface area contributed by atoms with Crippen LogP contribution < -0.4 is 10.6 Å². The largest absolute Gasteiger partial charge is 0.352 e. The highest BCUT2D eigenvalue weighted by molar-refractivity contribution is 14.0. The van der Waals surface area contributed by atoms with Crippen LogP contribution in [0.2, 0.25) is 5.02 Å². The Morgan fingerprint density at radius 3 is 2.46 bits per heavy atom. The predicted molar refractivity (Wildman–Crippen MR) is 115 cm³/mol. The number of nitrogens with zero attached hydrogens (tertiary/aromatic N) is 4. The van der Waals surface area contributed by atoms with Gasteiger partial charge in [0.15, 0.2) is 11.8 Å². The Labute approximate surface area is 174 Å². The van der Waals surface area contributed by atoms with Crippen molar-refractivity contribution in [3.63, 3.8) is 0 Å². The van der Waals surface area contributed by atoms with Crippen LogP contribution in [0.25, 0.3) is 5.82 Å². The van der Waals surface area contributed by atoms with E-state index >= 15 is 0 Å². The first-order chi connectivity index (χ1) is 12.2. The van der Waals surface area contributed by atoms with E-state index in [1.807, 2.05) is 48.7 Å². The normalized spacial score (nSPS) is 10.9. The van der Waals surface area contributed by atoms with Crippen LogP contribution in [-0.4, -0.2) is 27.8 Å². The molecule has 0 bridgehead atoms. The van der Waals surface area contributed by atoms with Crippen molar-refractivity contribution >= 4 is 41.5 Å². The van der Waals surface area contributed by atoms with E-state index in [9.17, 15) is 0 Å². The number of nitrogens with one attached hydrogen (secondary N) is 2. The van der Waals surface area contributed by atoms with Crippen molar-refractivity contribution in [1.29, 1.82) is 0 Å². The molecule has 8 heteroatoms. The number of halogens is 2. The lowest BCUT2D eigenvalue weighted by molar-refractivity contribution is 0.800. The number of aliphatic imine (C=N–C) groups is 1. The van der Waals surface area contributed by atoms with Gasteiger partial charge in [0.25, 0.3) is 0 Å². The number of guanidine groups is 1. The fraction of sp³-hybridized carbons (Fsp3) is 0.167. The van der Waals surface area contributed by atoms with Crippen molar-refractivity contribution in [1.82, 2.24) is 25.4 Å². The second kappa shape index (κ2) is 10.1. The van der Waals surface area contributed by atoms with Crippen LogP contribution in [0.5, 0.6) is 0 Å². The molecule has 2 aromatic heterocycles. The van der Waals surface area contributed by atoms with Gasteiger partial charge in [-0.05, 0) is 41.5 Å². The zero-order valence-corrected chi connectivity index (χ0v) is 17.3. The van der Waals surface area contributed by atoms with Gasteiger partial charge in [-0.15, -0.1) is 24.0 Å². The lowest BCUT2D eigenvalue weighted by Gasteiger charge is -2.12. The Bertz CT molecular complexity index is 833. The summed E-state index contributed by atoms with van der Waals surface area (Å²) in [5, 5.41) is 11.5. The molecule has 0 aliphatic heterocycles. The van der Waals surface area contributed by atoms with E-state index < -0.39 is 0 Å². The molecule has 0 atom stereocenters. The van der Waals surface area contributed by atoms with Gasteiger partial charge in [0.1, 0.15) is 0 Å². The molecule has 136 valence electrons. The van der Waals surface area contributed by atoms with Gasteiger partial charge in [0.2, 0.25) is 0 Å². The zero-order valence-electron chi connectivity index (χ0n) is 14.3. The van der Waals surface area contributed by atoms with E-state index in [0.717, 1.165) is 27.9 Å². The lowest BCUT2D eigenvalue weighted by atomic mass is 10.2. The molecule has 0 fully saturated rings. The van der Waals surface area contributed by atoms with E-state index in [4.69, 9.17) is 11.6 Å². The number of benzene rings is 1. The second-order valence-electron chi connectivity index (χ2n) is 5.38. The van der Waals surface area contributed by atoms with Crippen LogP contribution in [0, 0.1) is 0 Å². The van der Waals surface area contributed by atoms with E-state index in [0.29, 0.717) is 13.1 Å². The SMILES string of the molecule is CN=C(NCc1ccc(Cl)cc1)NCc1ccnc(-n2cccn2)c1.I. The quantitative estimate of drug-likeness (QED) is 0.332. The predicted octanol–water partition coefficient (Wildman–Crippen LogP) is 3.40. The molecule has 0 saturated carbocycles. The Kier molecular flexibility index (Phi) is 7.86. The van der Waals surface area contributed by atoms with Crippen molar-refractivity contribution in [2.45, 2.75) is 13.1 Å². The third-order valence-electron chi connectivity index (χ3n) is 3.61. The molecule has 0 saturated heterocycles. The van der Waals surface area contributed by atoms with Crippen LogP contribution in [0.1, 0.15) is 11.1 Å². The lowest BCUT2D eigenvalue weighted by Crippen LogP contribution is -2.36. The van der Waals surface area contributed by atoms with Crippen LogP contribution >= 0.6 is 35.6 Å². The van der Waals surface area contributed by atoms with E-state index in [1.165, 1.54) is 0 Å². The summed E-state index contributed by atoms with van der Waals surface area (Å²) >= 11 is 5.90. The highest BCUT2D eigenvalue weighted by atomic mass is 127. The van der Waals surface area contributed by atoms with Crippen molar-refractivity contribution in [2.75, 3.05) is 7.05 Å². The molecule has 0 aliphatic carbocycles. The van der Waals surface area contributed by atoms with Crippen LogP contribution in [0.4, 0.5) is 0 Å². The molecule has 2 N–H and O–H groups in total. The van der Waals surface area contributed by atoms with E-state index in [-0.39, 0.29) is 24.0 Å².